The number of fused-ring (bicyclic) bond motifs is 1. The van der Waals surface area contributed by atoms with Crippen molar-refractivity contribution < 1.29 is 14.3 Å². The van der Waals surface area contributed by atoms with E-state index in [9.17, 15) is 9.59 Å². The van der Waals surface area contributed by atoms with Gasteiger partial charge in [0.25, 0.3) is 0 Å². The number of benzene rings is 2. The van der Waals surface area contributed by atoms with Crippen LogP contribution in [0.15, 0.2) is 48.5 Å². The molecule has 148 valence electrons. The molecular formula is C21H19ClN4O3. The van der Waals surface area contributed by atoms with Crippen LogP contribution in [0.25, 0.3) is 11.3 Å². The number of halogens is 1. The van der Waals surface area contributed by atoms with Crippen LogP contribution in [0.1, 0.15) is 18.0 Å². The van der Waals surface area contributed by atoms with Crippen molar-refractivity contribution in [2.75, 3.05) is 17.7 Å². The highest BCUT2D eigenvalue weighted by atomic mass is 35.5. The van der Waals surface area contributed by atoms with E-state index in [4.69, 9.17) is 16.3 Å². The van der Waals surface area contributed by atoms with Crippen LogP contribution in [0.4, 0.5) is 11.5 Å². The first-order chi connectivity index (χ1) is 14.0. The van der Waals surface area contributed by atoms with E-state index in [-0.39, 0.29) is 18.2 Å². The number of anilines is 2. The third kappa shape index (κ3) is 3.69. The average molecular weight is 411 g/mol. The normalized spacial score (nSPS) is 15.4. The Morgan fingerprint density at radius 2 is 2.03 bits per heavy atom. The highest BCUT2D eigenvalue weighted by Gasteiger charge is 2.34. The molecule has 0 bridgehead atoms. The Balaban J connectivity index is 1.68. The zero-order valence-electron chi connectivity index (χ0n) is 15.9. The lowest BCUT2D eigenvalue weighted by Gasteiger charge is -2.24. The van der Waals surface area contributed by atoms with Crippen LogP contribution >= 0.6 is 11.6 Å². The molecule has 8 heteroatoms. The van der Waals surface area contributed by atoms with Gasteiger partial charge in [-0.25, -0.2) is 4.68 Å². The lowest BCUT2D eigenvalue weighted by molar-refractivity contribution is -0.125. The van der Waals surface area contributed by atoms with Crippen LogP contribution in [0.3, 0.4) is 0 Å². The first-order valence-electron chi connectivity index (χ1n) is 9.06. The summed E-state index contributed by atoms with van der Waals surface area (Å²) >= 11 is 5.99. The second-order valence-corrected chi connectivity index (χ2v) is 7.20. The lowest BCUT2D eigenvalue weighted by Crippen LogP contribution is -2.35. The molecule has 0 aliphatic carbocycles. The largest absolute Gasteiger partial charge is 0.497 e. The molecule has 0 radical (unpaired) electrons. The van der Waals surface area contributed by atoms with Gasteiger partial charge in [-0.3, -0.25) is 9.59 Å². The molecule has 1 atom stereocenters. The molecule has 0 saturated heterocycles. The standard InChI is InChI=1S/C21H19ClN4O3/c1-12-19(13-6-8-16(29-2)9-7-13)25-26-17(11-18(27)24-20(12)26)21(28)23-15-5-3-4-14(22)10-15/h3-10,17H,11H2,1-2H3,(H,23,28)(H,24,27)/t17-/m1/s1. The van der Waals surface area contributed by atoms with Crippen LogP contribution < -0.4 is 15.4 Å². The minimum absolute atomic E-state index is 0.00255. The van der Waals surface area contributed by atoms with Gasteiger partial charge in [0.2, 0.25) is 11.8 Å². The quantitative estimate of drug-likeness (QED) is 0.679. The van der Waals surface area contributed by atoms with E-state index in [0.29, 0.717) is 22.2 Å². The first-order valence-corrected chi connectivity index (χ1v) is 9.44. The second-order valence-electron chi connectivity index (χ2n) is 6.76. The van der Waals surface area contributed by atoms with E-state index in [1.54, 1.807) is 36.1 Å². The maximum Gasteiger partial charge on any atom is 0.249 e. The van der Waals surface area contributed by atoms with Gasteiger partial charge in [0, 0.05) is 21.8 Å². The molecule has 4 rings (SSSR count). The van der Waals surface area contributed by atoms with Gasteiger partial charge in [-0.2, -0.15) is 5.10 Å². The SMILES string of the molecule is COc1ccc(-c2nn3c(c2C)NC(=O)C[C@@H]3C(=O)Nc2cccc(Cl)c2)cc1. The van der Waals surface area contributed by atoms with E-state index < -0.39 is 6.04 Å². The fraction of sp³-hybridized carbons (Fsp3) is 0.190. The van der Waals surface area contributed by atoms with Gasteiger partial charge < -0.3 is 15.4 Å². The van der Waals surface area contributed by atoms with Crippen molar-refractivity contribution in [3.8, 4) is 17.0 Å². The second kappa shape index (κ2) is 7.60. The molecule has 2 amide bonds. The van der Waals surface area contributed by atoms with Crippen LogP contribution in [-0.2, 0) is 9.59 Å². The summed E-state index contributed by atoms with van der Waals surface area (Å²) in [7, 11) is 1.61. The van der Waals surface area contributed by atoms with Crippen LogP contribution in [0, 0.1) is 6.92 Å². The van der Waals surface area contributed by atoms with Gasteiger partial charge in [-0.05, 0) is 49.4 Å². The number of carbonyl (C=O) groups excluding carboxylic acids is 2. The molecule has 7 nitrogen and oxygen atoms in total. The number of carbonyl (C=O) groups is 2. The number of amides is 2. The van der Waals surface area contributed by atoms with Crippen molar-refractivity contribution in [1.82, 2.24) is 9.78 Å². The minimum atomic E-state index is -0.761. The minimum Gasteiger partial charge on any atom is -0.497 e. The Hall–Kier alpha value is -3.32. The zero-order chi connectivity index (χ0) is 20.5. The summed E-state index contributed by atoms with van der Waals surface area (Å²) in [6, 6.07) is 13.6. The summed E-state index contributed by atoms with van der Waals surface area (Å²) in [6.45, 7) is 1.87. The first kappa shape index (κ1) is 19.0. The highest BCUT2D eigenvalue weighted by molar-refractivity contribution is 6.30. The highest BCUT2D eigenvalue weighted by Crippen LogP contribution is 2.35. The fourth-order valence-corrected chi connectivity index (χ4v) is 3.55. The van der Waals surface area contributed by atoms with Crippen molar-refractivity contribution in [3.05, 3.63) is 59.1 Å². The molecule has 0 saturated carbocycles. The van der Waals surface area contributed by atoms with Crippen LogP contribution in [0.5, 0.6) is 5.75 Å². The fourth-order valence-electron chi connectivity index (χ4n) is 3.36. The summed E-state index contributed by atoms with van der Waals surface area (Å²) in [5.74, 6) is 0.709. The number of methoxy groups -OCH3 is 1. The number of nitrogens with zero attached hydrogens (tertiary/aromatic N) is 2. The summed E-state index contributed by atoms with van der Waals surface area (Å²) in [4.78, 5) is 25.2. The maximum atomic E-state index is 12.9. The molecule has 0 unspecified atom stereocenters. The Kier molecular flexibility index (Phi) is 4.98. The van der Waals surface area contributed by atoms with Crippen molar-refractivity contribution in [1.29, 1.82) is 0 Å². The van der Waals surface area contributed by atoms with Gasteiger partial charge in [0.1, 0.15) is 17.6 Å². The Labute approximate surface area is 172 Å². The number of nitrogens with one attached hydrogen (secondary N) is 2. The number of hydrogen-bond donors (Lipinski definition) is 2. The summed E-state index contributed by atoms with van der Waals surface area (Å²) < 4.78 is 6.78. The Morgan fingerprint density at radius 1 is 1.28 bits per heavy atom. The molecule has 0 fully saturated rings. The molecule has 0 spiro atoms. The Bertz CT molecular complexity index is 1090. The molecular weight excluding hydrogens is 392 g/mol. The van der Waals surface area contributed by atoms with Gasteiger partial charge in [0.05, 0.1) is 19.2 Å². The topological polar surface area (TPSA) is 85.2 Å². The van der Waals surface area contributed by atoms with Gasteiger partial charge in [0.15, 0.2) is 0 Å². The van der Waals surface area contributed by atoms with Gasteiger partial charge >= 0.3 is 0 Å². The van der Waals surface area contributed by atoms with Crippen molar-refractivity contribution in [2.24, 2.45) is 0 Å². The summed E-state index contributed by atoms with van der Waals surface area (Å²) in [6.07, 6.45) is 0.00255. The molecule has 1 aromatic heterocycles. The summed E-state index contributed by atoms with van der Waals surface area (Å²) in [5, 5.41) is 10.8. The van der Waals surface area contributed by atoms with E-state index in [0.717, 1.165) is 16.9 Å². The third-order valence-corrected chi connectivity index (χ3v) is 5.07. The van der Waals surface area contributed by atoms with E-state index in [1.165, 1.54) is 0 Å². The van der Waals surface area contributed by atoms with E-state index >= 15 is 0 Å². The summed E-state index contributed by atoms with van der Waals surface area (Å²) in [5.41, 5.74) is 2.93. The van der Waals surface area contributed by atoms with Crippen LogP contribution in [-0.4, -0.2) is 28.7 Å². The number of ether oxygens (including phenoxy) is 1. The maximum absolute atomic E-state index is 12.9. The smallest absolute Gasteiger partial charge is 0.249 e. The molecule has 2 N–H and O–H groups in total. The van der Waals surface area contributed by atoms with E-state index in [1.807, 2.05) is 31.2 Å². The van der Waals surface area contributed by atoms with Gasteiger partial charge in [-0.1, -0.05) is 17.7 Å². The van der Waals surface area contributed by atoms with Crippen molar-refractivity contribution in [2.45, 2.75) is 19.4 Å². The molecule has 2 heterocycles. The zero-order valence-corrected chi connectivity index (χ0v) is 16.7. The van der Waals surface area contributed by atoms with Gasteiger partial charge in [-0.15, -0.1) is 0 Å². The third-order valence-electron chi connectivity index (χ3n) is 4.84. The lowest BCUT2D eigenvalue weighted by atomic mass is 10.1. The van der Waals surface area contributed by atoms with Crippen LogP contribution in [0.2, 0.25) is 5.02 Å². The van der Waals surface area contributed by atoms with E-state index in [2.05, 4.69) is 15.7 Å². The average Bonchev–Trinajstić information content (AvgIpc) is 3.04. The number of aromatic nitrogens is 2. The molecule has 1 aliphatic heterocycles. The Morgan fingerprint density at radius 3 is 2.72 bits per heavy atom. The molecule has 2 aromatic carbocycles. The predicted molar refractivity (Wildman–Crippen MR) is 111 cm³/mol. The molecule has 29 heavy (non-hydrogen) atoms. The monoisotopic (exact) mass is 410 g/mol. The predicted octanol–water partition coefficient (Wildman–Crippen LogP) is 4.04. The van der Waals surface area contributed by atoms with Crippen molar-refractivity contribution >= 4 is 34.9 Å². The molecule has 1 aliphatic rings. The number of hydrogen-bond acceptors (Lipinski definition) is 4. The van der Waals surface area contributed by atoms with Crippen molar-refractivity contribution in [3.63, 3.8) is 0 Å². The number of rotatable bonds is 4. The molecule has 3 aromatic rings.